The number of nitrogens with zero attached hydrogens (tertiary/aromatic N) is 1. The molecule has 0 bridgehead atoms. The number of rotatable bonds is 2. The molecule has 1 aliphatic carbocycles. The lowest BCUT2D eigenvalue weighted by Gasteiger charge is -2.21. The number of H-pyrrole nitrogens is 1. The molecule has 104 valence electrons. The van der Waals surface area contributed by atoms with Crippen molar-refractivity contribution < 1.29 is 9.90 Å². The van der Waals surface area contributed by atoms with Crippen LogP contribution in [0.5, 0.6) is 5.75 Å². The summed E-state index contributed by atoms with van der Waals surface area (Å²) >= 11 is 0. The van der Waals surface area contributed by atoms with Gasteiger partial charge >= 0.3 is 0 Å². The van der Waals surface area contributed by atoms with E-state index in [0.29, 0.717) is 12.1 Å². The average Bonchev–Trinajstić information content (AvgIpc) is 2.90. The van der Waals surface area contributed by atoms with Crippen LogP contribution in [0, 0.1) is 12.8 Å². The highest BCUT2D eigenvalue weighted by Gasteiger charge is 2.26. The van der Waals surface area contributed by atoms with Crippen molar-refractivity contribution in [3.05, 3.63) is 41.2 Å². The summed E-state index contributed by atoms with van der Waals surface area (Å²) in [5, 5.41) is 19.6. The molecule has 0 radical (unpaired) electrons. The number of hydrogen-bond donors (Lipinski definition) is 3. The van der Waals surface area contributed by atoms with Gasteiger partial charge in [-0.25, -0.2) is 0 Å². The zero-order valence-corrected chi connectivity index (χ0v) is 11.3. The molecule has 1 atom stereocenters. The van der Waals surface area contributed by atoms with E-state index in [1.54, 1.807) is 12.1 Å². The highest BCUT2D eigenvalue weighted by molar-refractivity contribution is 5.95. The maximum atomic E-state index is 12.3. The minimum Gasteiger partial charge on any atom is -0.506 e. The maximum Gasteiger partial charge on any atom is 0.227 e. The van der Waals surface area contributed by atoms with Crippen molar-refractivity contribution in [3.8, 4) is 5.75 Å². The molecule has 0 spiro atoms. The molecule has 2 aromatic rings. The van der Waals surface area contributed by atoms with Gasteiger partial charge in [-0.2, -0.15) is 5.10 Å². The summed E-state index contributed by atoms with van der Waals surface area (Å²) in [5.41, 5.74) is 3.61. The molecule has 1 aromatic carbocycles. The molecule has 0 saturated carbocycles. The lowest BCUT2D eigenvalue weighted by molar-refractivity contribution is -0.120. The summed E-state index contributed by atoms with van der Waals surface area (Å²) < 4.78 is 0. The first kappa shape index (κ1) is 12.7. The van der Waals surface area contributed by atoms with Crippen molar-refractivity contribution >= 4 is 11.6 Å². The second-order valence-electron chi connectivity index (χ2n) is 5.27. The van der Waals surface area contributed by atoms with E-state index in [2.05, 4.69) is 15.5 Å². The number of carbonyl (C=O) groups excluding carboxylic acids is 1. The molecular formula is C15H17N3O2. The molecule has 20 heavy (non-hydrogen) atoms. The lowest BCUT2D eigenvalue weighted by Crippen LogP contribution is -2.28. The minimum absolute atomic E-state index is 0.0464. The lowest BCUT2D eigenvalue weighted by atomic mass is 9.87. The number of hydrogen-bond acceptors (Lipinski definition) is 3. The molecule has 1 heterocycles. The van der Waals surface area contributed by atoms with Gasteiger partial charge in [0.25, 0.3) is 0 Å². The topological polar surface area (TPSA) is 78.0 Å². The van der Waals surface area contributed by atoms with Crippen LogP contribution in [-0.4, -0.2) is 21.2 Å². The number of phenolic OH excluding ortho intramolecular Hbond substituents is 1. The third-order valence-corrected chi connectivity index (χ3v) is 3.89. The van der Waals surface area contributed by atoms with E-state index >= 15 is 0 Å². The maximum absolute atomic E-state index is 12.3. The normalized spacial score (nSPS) is 17.6. The van der Waals surface area contributed by atoms with Crippen LogP contribution in [0.25, 0.3) is 0 Å². The molecule has 0 unspecified atom stereocenters. The molecule has 1 amide bonds. The van der Waals surface area contributed by atoms with E-state index in [4.69, 9.17) is 0 Å². The average molecular weight is 271 g/mol. The van der Waals surface area contributed by atoms with Crippen molar-refractivity contribution in [3.63, 3.8) is 0 Å². The first-order chi connectivity index (χ1) is 9.65. The number of aromatic amines is 1. The largest absolute Gasteiger partial charge is 0.506 e. The van der Waals surface area contributed by atoms with E-state index in [0.717, 1.165) is 24.1 Å². The van der Waals surface area contributed by atoms with Gasteiger partial charge in [0.15, 0.2) is 0 Å². The molecule has 1 aromatic heterocycles. The van der Waals surface area contributed by atoms with E-state index in [-0.39, 0.29) is 17.6 Å². The van der Waals surface area contributed by atoms with Crippen LogP contribution in [0.1, 0.15) is 23.2 Å². The molecule has 5 nitrogen and oxygen atoms in total. The highest BCUT2D eigenvalue weighted by atomic mass is 16.3. The van der Waals surface area contributed by atoms with Crippen LogP contribution >= 0.6 is 0 Å². The molecule has 1 aliphatic rings. The SMILES string of the molecule is Cc1cccc(O)c1NC(=O)[C@@H]1CCc2cn[nH]c2C1. The van der Waals surface area contributed by atoms with Gasteiger partial charge in [-0.3, -0.25) is 9.89 Å². The van der Waals surface area contributed by atoms with Crippen LogP contribution < -0.4 is 5.32 Å². The number of nitrogens with one attached hydrogen (secondary N) is 2. The zero-order chi connectivity index (χ0) is 14.1. The quantitative estimate of drug-likeness (QED) is 0.732. The Morgan fingerprint density at radius 1 is 1.50 bits per heavy atom. The van der Waals surface area contributed by atoms with E-state index in [1.165, 1.54) is 5.56 Å². The van der Waals surface area contributed by atoms with Crippen LogP contribution in [0.4, 0.5) is 5.69 Å². The number of amides is 1. The number of carbonyl (C=O) groups is 1. The number of aromatic hydroxyl groups is 1. The minimum atomic E-state index is -0.0815. The monoisotopic (exact) mass is 271 g/mol. The van der Waals surface area contributed by atoms with Gasteiger partial charge in [0, 0.05) is 18.0 Å². The van der Waals surface area contributed by atoms with Gasteiger partial charge < -0.3 is 10.4 Å². The van der Waals surface area contributed by atoms with Crippen molar-refractivity contribution in [2.24, 2.45) is 5.92 Å². The summed E-state index contributed by atoms with van der Waals surface area (Å²) in [6.45, 7) is 1.86. The Balaban J connectivity index is 1.75. The van der Waals surface area contributed by atoms with Crippen LogP contribution in [0.15, 0.2) is 24.4 Å². The van der Waals surface area contributed by atoms with Crippen molar-refractivity contribution in [2.45, 2.75) is 26.2 Å². The van der Waals surface area contributed by atoms with Crippen molar-refractivity contribution in [1.29, 1.82) is 0 Å². The van der Waals surface area contributed by atoms with Gasteiger partial charge in [0.1, 0.15) is 5.75 Å². The molecule has 0 aliphatic heterocycles. The number of phenols is 1. The first-order valence-electron chi connectivity index (χ1n) is 6.75. The predicted octanol–water partition coefficient (Wildman–Crippen LogP) is 2.17. The fourth-order valence-electron chi connectivity index (χ4n) is 2.67. The first-order valence-corrected chi connectivity index (χ1v) is 6.75. The van der Waals surface area contributed by atoms with Gasteiger partial charge in [0.05, 0.1) is 11.9 Å². The Morgan fingerprint density at radius 3 is 3.15 bits per heavy atom. The Kier molecular flexibility index (Phi) is 3.18. The van der Waals surface area contributed by atoms with Gasteiger partial charge in [-0.15, -0.1) is 0 Å². The van der Waals surface area contributed by atoms with E-state index < -0.39 is 0 Å². The van der Waals surface area contributed by atoms with E-state index in [9.17, 15) is 9.90 Å². The standard InChI is InChI=1S/C15H17N3O2/c1-9-3-2-4-13(19)14(9)17-15(20)10-5-6-11-8-16-18-12(11)7-10/h2-4,8,10,19H,5-7H2,1H3,(H,16,18)(H,17,20)/t10-/m1/s1. The number of fused-ring (bicyclic) bond motifs is 1. The van der Waals surface area contributed by atoms with Crippen LogP contribution in [0.3, 0.4) is 0 Å². The van der Waals surface area contributed by atoms with E-state index in [1.807, 2.05) is 19.2 Å². The van der Waals surface area contributed by atoms with Gasteiger partial charge in [0.2, 0.25) is 5.91 Å². The Bertz CT molecular complexity index is 628. The predicted molar refractivity (Wildman–Crippen MR) is 75.6 cm³/mol. The number of aryl methyl sites for hydroxylation is 2. The summed E-state index contributed by atoms with van der Waals surface area (Å²) in [5.74, 6) is -0.0202. The molecule has 3 rings (SSSR count). The summed E-state index contributed by atoms with van der Waals surface area (Å²) in [4.78, 5) is 12.3. The van der Waals surface area contributed by atoms with Gasteiger partial charge in [-0.05, 0) is 37.0 Å². The summed E-state index contributed by atoms with van der Waals surface area (Å²) in [6.07, 6.45) is 4.18. The fraction of sp³-hybridized carbons (Fsp3) is 0.333. The highest BCUT2D eigenvalue weighted by Crippen LogP contribution is 2.29. The second kappa shape index (κ2) is 5.00. The molecule has 0 fully saturated rings. The molecule has 0 saturated heterocycles. The Hall–Kier alpha value is -2.30. The second-order valence-corrected chi connectivity index (χ2v) is 5.27. The number of benzene rings is 1. The van der Waals surface area contributed by atoms with Crippen molar-refractivity contribution in [2.75, 3.05) is 5.32 Å². The van der Waals surface area contributed by atoms with Crippen molar-refractivity contribution in [1.82, 2.24) is 10.2 Å². The number of aromatic nitrogens is 2. The number of anilines is 1. The molecular weight excluding hydrogens is 254 g/mol. The number of para-hydroxylation sites is 1. The van der Waals surface area contributed by atoms with Gasteiger partial charge in [-0.1, -0.05) is 12.1 Å². The summed E-state index contributed by atoms with van der Waals surface area (Å²) in [6, 6.07) is 5.21. The Morgan fingerprint density at radius 2 is 2.35 bits per heavy atom. The third kappa shape index (κ3) is 2.27. The third-order valence-electron chi connectivity index (χ3n) is 3.89. The molecule has 3 N–H and O–H groups in total. The van der Waals surface area contributed by atoms with Crippen LogP contribution in [0.2, 0.25) is 0 Å². The van der Waals surface area contributed by atoms with Crippen LogP contribution in [-0.2, 0) is 17.6 Å². The summed E-state index contributed by atoms with van der Waals surface area (Å²) in [7, 11) is 0. The molecule has 5 heteroatoms. The Labute approximate surface area is 117 Å². The fourth-order valence-corrected chi connectivity index (χ4v) is 2.67. The smallest absolute Gasteiger partial charge is 0.227 e. The zero-order valence-electron chi connectivity index (χ0n) is 11.3.